The molecule has 20 heavy (non-hydrogen) atoms. The van der Waals surface area contributed by atoms with Crippen molar-refractivity contribution in [2.45, 2.75) is 26.8 Å². The highest BCUT2D eigenvalue weighted by Gasteiger charge is 2.05. The molecule has 1 amide bonds. The van der Waals surface area contributed by atoms with Crippen LogP contribution in [0.15, 0.2) is 30.6 Å². The first kappa shape index (κ1) is 14.1. The van der Waals surface area contributed by atoms with Crippen LogP contribution in [-0.2, 0) is 11.3 Å². The van der Waals surface area contributed by atoms with Gasteiger partial charge in [0.1, 0.15) is 5.75 Å². The van der Waals surface area contributed by atoms with Crippen LogP contribution in [0.2, 0.25) is 0 Å². The molecule has 1 heterocycles. The van der Waals surface area contributed by atoms with Crippen molar-refractivity contribution in [1.82, 2.24) is 15.5 Å². The minimum absolute atomic E-state index is 0.0310. The van der Waals surface area contributed by atoms with Crippen molar-refractivity contribution in [3.05, 3.63) is 47.3 Å². The first-order chi connectivity index (χ1) is 9.66. The number of aromatic amines is 1. The molecule has 0 fully saturated rings. The van der Waals surface area contributed by atoms with Gasteiger partial charge in [0, 0.05) is 18.3 Å². The molecule has 0 aliphatic carbocycles. The second-order valence-electron chi connectivity index (χ2n) is 4.68. The number of rotatable bonds is 6. The minimum Gasteiger partial charge on any atom is -0.493 e. The quantitative estimate of drug-likeness (QED) is 0.847. The maximum absolute atomic E-state index is 11.7. The van der Waals surface area contributed by atoms with E-state index in [0.717, 1.165) is 16.9 Å². The lowest BCUT2D eigenvalue weighted by Crippen LogP contribution is -2.24. The normalized spacial score (nSPS) is 10.3. The Kier molecular flexibility index (Phi) is 4.76. The van der Waals surface area contributed by atoms with E-state index in [1.54, 1.807) is 12.4 Å². The van der Waals surface area contributed by atoms with Crippen LogP contribution in [-0.4, -0.2) is 22.7 Å². The van der Waals surface area contributed by atoms with Crippen LogP contribution in [0, 0.1) is 13.8 Å². The number of hydrogen-bond acceptors (Lipinski definition) is 3. The van der Waals surface area contributed by atoms with Crippen LogP contribution >= 0.6 is 0 Å². The highest BCUT2D eigenvalue weighted by Crippen LogP contribution is 2.20. The predicted molar refractivity (Wildman–Crippen MR) is 76.5 cm³/mol. The molecule has 0 atom stereocenters. The van der Waals surface area contributed by atoms with Crippen molar-refractivity contribution in [1.29, 1.82) is 0 Å². The molecule has 2 aromatic rings. The predicted octanol–water partition coefficient (Wildman–Crippen LogP) is 2.11. The van der Waals surface area contributed by atoms with E-state index in [1.165, 1.54) is 5.56 Å². The zero-order chi connectivity index (χ0) is 14.4. The number of benzene rings is 1. The Morgan fingerprint density at radius 2 is 2.25 bits per heavy atom. The molecule has 0 unspecified atom stereocenters. The van der Waals surface area contributed by atoms with Gasteiger partial charge < -0.3 is 10.1 Å². The number of ether oxygens (including phenoxy) is 1. The van der Waals surface area contributed by atoms with Gasteiger partial charge in [-0.2, -0.15) is 5.10 Å². The number of H-pyrrole nitrogens is 1. The monoisotopic (exact) mass is 273 g/mol. The van der Waals surface area contributed by atoms with Crippen LogP contribution in [0.3, 0.4) is 0 Å². The molecule has 0 bridgehead atoms. The van der Waals surface area contributed by atoms with Gasteiger partial charge in [-0.15, -0.1) is 0 Å². The first-order valence-electron chi connectivity index (χ1n) is 6.60. The standard InChI is InChI=1S/C15H19N3O2/c1-11-4-3-5-14(12(11)2)20-7-6-15(19)16-8-13-9-17-18-10-13/h3-5,9-10H,6-8H2,1-2H3,(H,16,19)(H,17,18). The SMILES string of the molecule is Cc1cccc(OCCC(=O)NCc2cn[nH]c2)c1C. The van der Waals surface area contributed by atoms with Crippen LogP contribution in [0.4, 0.5) is 0 Å². The number of nitrogens with one attached hydrogen (secondary N) is 2. The van der Waals surface area contributed by atoms with E-state index in [2.05, 4.69) is 15.5 Å². The zero-order valence-electron chi connectivity index (χ0n) is 11.8. The number of nitrogens with zero attached hydrogens (tertiary/aromatic N) is 1. The summed E-state index contributed by atoms with van der Waals surface area (Å²) in [5, 5.41) is 9.34. The summed E-state index contributed by atoms with van der Waals surface area (Å²) in [6.45, 7) is 4.92. The molecular formula is C15H19N3O2. The minimum atomic E-state index is -0.0310. The highest BCUT2D eigenvalue weighted by atomic mass is 16.5. The summed E-state index contributed by atoms with van der Waals surface area (Å²) in [5.74, 6) is 0.809. The molecule has 0 radical (unpaired) electrons. The largest absolute Gasteiger partial charge is 0.493 e. The molecule has 2 rings (SSSR count). The third-order valence-electron chi connectivity index (χ3n) is 3.19. The summed E-state index contributed by atoms with van der Waals surface area (Å²) in [7, 11) is 0. The second-order valence-corrected chi connectivity index (χ2v) is 4.68. The molecule has 1 aromatic heterocycles. The molecule has 0 aliphatic heterocycles. The Balaban J connectivity index is 1.72. The molecule has 0 saturated heterocycles. The summed E-state index contributed by atoms with van der Waals surface area (Å²) >= 11 is 0. The third-order valence-corrected chi connectivity index (χ3v) is 3.19. The van der Waals surface area contributed by atoms with Crippen molar-refractivity contribution in [2.75, 3.05) is 6.61 Å². The van der Waals surface area contributed by atoms with E-state index in [9.17, 15) is 4.79 Å². The lowest BCUT2D eigenvalue weighted by atomic mass is 10.1. The van der Waals surface area contributed by atoms with Gasteiger partial charge in [-0.25, -0.2) is 0 Å². The maximum Gasteiger partial charge on any atom is 0.223 e. The van der Waals surface area contributed by atoms with Gasteiger partial charge in [-0.1, -0.05) is 12.1 Å². The lowest BCUT2D eigenvalue weighted by molar-refractivity contribution is -0.121. The number of amides is 1. The molecule has 5 nitrogen and oxygen atoms in total. The topological polar surface area (TPSA) is 67.0 Å². The van der Waals surface area contributed by atoms with Gasteiger partial charge in [-0.3, -0.25) is 9.89 Å². The van der Waals surface area contributed by atoms with Crippen LogP contribution in [0.5, 0.6) is 5.75 Å². The van der Waals surface area contributed by atoms with Crippen molar-refractivity contribution in [3.63, 3.8) is 0 Å². The van der Waals surface area contributed by atoms with Gasteiger partial charge in [-0.05, 0) is 31.0 Å². The number of aromatic nitrogens is 2. The number of carbonyl (C=O) groups excluding carboxylic acids is 1. The van der Waals surface area contributed by atoms with Gasteiger partial charge in [0.15, 0.2) is 0 Å². The fourth-order valence-electron chi connectivity index (χ4n) is 1.80. The molecular weight excluding hydrogens is 254 g/mol. The Bertz CT molecular complexity index is 565. The average molecular weight is 273 g/mol. The van der Waals surface area contributed by atoms with Crippen LogP contribution in [0.25, 0.3) is 0 Å². The summed E-state index contributed by atoms with van der Waals surface area (Å²) in [4.78, 5) is 11.7. The van der Waals surface area contributed by atoms with Gasteiger partial charge in [0.2, 0.25) is 5.91 Å². The fraction of sp³-hybridized carbons (Fsp3) is 0.333. The second kappa shape index (κ2) is 6.75. The maximum atomic E-state index is 11.7. The van der Waals surface area contributed by atoms with E-state index in [1.807, 2.05) is 32.0 Å². The van der Waals surface area contributed by atoms with Gasteiger partial charge >= 0.3 is 0 Å². The average Bonchev–Trinajstić information content (AvgIpc) is 2.94. The Morgan fingerprint density at radius 3 is 3.00 bits per heavy atom. The van der Waals surface area contributed by atoms with E-state index < -0.39 is 0 Å². The Hall–Kier alpha value is -2.30. The molecule has 1 aromatic carbocycles. The molecule has 106 valence electrons. The summed E-state index contributed by atoms with van der Waals surface area (Å²) in [6, 6.07) is 5.92. The van der Waals surface area contributed by atoms with Crippen molar-refractivity contribution in [3.8, 4) is 5.75 Å². The fourth-order valence-corrected chi connectivity index (χ4v) is 1.80. The van der Waals surface area contributed by atoms with Crippen molar-refractivity contribution >= 4 is 5.91 Å². The summed E-state index contributed by atoms with van der Waals surface area (Å²) < 4.78 is 5.65. The van der Waals surface area contributed by atoms with Gasteiger partial charge in [0.25, 0.3) is 0 Å². The molecule has 2 N–H and O–H groups in total. The van der Waals surface area contributed by atoms with Crippen molar-refractivity contribution in [2.24, 2.45) is 0 Å². The van der Waals surface area contributed by atoms with E-state index in [4.69, 9.17) is 4.74 Å². The van der Waals surface area contributed by atoms with E-state index in [0.29, 0.717) is 19.6 Å². The first-order valence-corrected chi connectivity index (χ1v) is 6.60. The third kappa shape index (κ3) is 3.85. The zero-order valence-corrected chi connectivity index (χ0v) is 11.8. The molecule has 0 spiro atoms. The van der Waals surface area contributed by atoms with E-state index >= 15 is 0 Å². The molecule has 5 heteroatoms. The number of carbonyl (C=O) groups is 1. The van der Waals surface area contributed by atoms with Gasteiger partial charge in [0.05, 0.1) is 19.2 Å². The smallest absolute Gasteiger partial charge is 0.223 e. The van der Waals surface area contributed by atoms with Crippen LogP contribution < -0.4 is 10.1 Å². The molecule has 0 saturated carbocycles. The van der Waals surface area contributed by atoms with E-state index in [-0.39, 0.29) is 5.91 Å². The van der Waals surface area contributed by atoms with Crippen molar-refractivity contribution < 1.29 is 9.53 Å². The number of aryl methyl sites for hydroxylation is 1. The lowest BCUT2D eigenvalue weighted by Gasteiger charge is -2.10. The highest BCUT2D eigenvalue weighted by molar-refractivity contribution is 5.75. The van der Waals surface area contributed by atoms with Crippen LogP contribution in [0.1, 0.15) is 23.1 Å². The molecule has 0 aliphatic rings. The Labute approximate surface area is 118 Å². The summed E-state index contributed by atoms with van der Waals surface area (Å²) in [5.41, 5.74) is 3.26. The Morgan fingerprint density at radius 1 is 1.40 bits per heavy atom. The summed E-state index contributed by atoms with van der Waals surface area (Å²) in [6.07, 6.45) is 3.78. The number of hydrogen-bond donors (Lipinski definition) is 2.